The Balaban J connectivity index is 2.76. The SMILES string of the molecule is CCCc1c(C)nc2ccc(Br)cc2c1SC(=N)N. The van der Waals surface area contributed by atoms with Gasteiger partial charge in [-0.2, -0.15) is 0 Å². The number of nitrogens with two attached hydrogens (primary N) is 1. The summed E-state index contributed by atoms with van der Waals surface area (Å²) < 4.78 is 1.01. The maximum absolute atomic E-state index is 7.57. The number of hydrogen-bond acceptors (Lipinski definition) is 3. The van der Waals surface area contributed by atoms with Crippen LogP contribution in [0.1, 0.15) is 24.6 Å². The molecule has 0 aliphatic carbocycles. The van der Waals surface area contributed by atoms with Gasteiger partial charge in [0.15, 0.2) is 5.17 Å². The molecule has 100 valence electrons. The summed E-state index contributed by atoms with van der Waals surface area (Å²) in [5, 5.41) is 8.74. The van der Waals surface area contributed by atoms with E-state index in [2.05, 4.69) is 27.8 Å². The molecule has 1 aromatic heterocycles. The van der Waals surface area contributed by atoms with Crippen molar-refractivity contribution in [3.05, 3.63) is 33.9 Å². The van der Waals surface area contributed by atoms with Crippen LogP contribution in [0.2, 0.25) is 0 Å². The third-order valence-electron chi connectivity index (χ3n) is 2.91. The van der Waals surface area contributed by atoms with Gasteiger partial charge in [-0.1, -0.05) is 41.0 Å². The second-order valence-corrected chi connectivity index (χ2v) is 6.35. The highest BCUT2D eigenvalue weighted by Gasteiger charge is 2.14. The molecule has 0 saturated carbocycles. The van der Waals surface area contributed by atoms with Crippen LogP contribution in [0.3, 0.4) is 0 Å². The van der Waals surface area contributed by atoms with Gasteiger partial charge >= 0.3 is 0 Å². The maximum atomic E-state index is 7.57. The minimum absolute atomic E-state index is 0.115. The van der Waals surface area contributed by atoms with E-state index in [1.54, 1.807) is 0 Å². The number of nitrogens with one attached hydrogen (secondary N) is 1. The quantitative estimate of drug-likeness (QED) is 0.500. The third kappa shape index (κ3) is 3.09. The molecule has 0 unspecified atom stereocenters. The first-order chi connectivity index (χ1) is 9.02. The minimum atomic E-state index is 0.115. The molecule has 0 radical (unpaired) electrons. The highest BCUT2D eigenvalue weighted by Crippen LogP contribution is 2.34. The topological polar surface area (TPSA) is 62.8 Å². The summed E-state index contributed by atoms with van der Waals surface area (Å²) in [4.78, 5) is 5.73. The fraction of sp³-hybridized carbons (Fsp3) is 0.286. The van der Waals surface area contributed by atoms with Crippen LogP contribution in [0.5, 0.6) is 0 Å². The van der Waals surface area contributed by atoms with Gasteiger partial charge in [0, 0.05) is 20.4 Å². The monoisotopic (exact) mass is 337 g/mol. The van der Waals surface area contributed by atoms with Crippen LogP contribution in [0.25, 0.3) is 10.9 Å². The van der Waals surface area contributed by atoms with Crippen molar-refractivity contribution in [3.63, 3.8) is 0 Å². The molecule has 0 atom stereocenters. The molecule has 2 aromatic rings. The predicted molar refractivity (Wildman–Crippen MR) is 85.9 cm³/mol. The van der Waals surface area contributed by atoms with Crippen molar-refractivity contribution in [1.82, 2.24) is 4.98 Å². The van der Waals surface area contributed by atoms with Crippen molar-refractivity contribution in [2.75, 3.05) is 0 Å². The fourth-order valence-electron chi connectivity index (χ4n) is 2.13. The number of pyridine rings is 1. The molecule has 3 nitrogen and oxygen atoms in total. The van der Waals surface area contributed by atoms with Crippen LogP contribution in [0, 0.1) is 12.3 Å². The second-order valence-electron chi connectivity index (χ2n) is 4.38. The van der Waals surface area contributed by atoms with Crippen LogP contribution in [-0.4, -0.2) is 10.2 Å². The lowest BCUT2D eigenvalue weighted by molar-refractivity contribution is 0.883. The first kappa shape index (κ1) is 14.3. The summed E-state index contributed by atoms with van der Waals surface area (Å²) in [5.74, 6) is 0. The predicted octanol–water partition coefficient (Wildman–Crippen LogP) is 4.24. The van der Waals surface area contributed by atoms with E-state index in [0.717, 1.165) is 38.8 Å². The Kier molecular flexibility index (Phi) is 4.47. The maximum Gasteiger partial charge on any atom is 0.155 e. The number of hydrogen-bond donors (Lipinski definition) is 2. The van der Waals surface area contributed by atoms with Crippen LogP contribution < -0.4 is 5.73 Å². The number of amidine groups is 1. The van der Waals surface area contributed by atoms with Crippen molar-refractivity contribution in [2.45, 2.75) is 31.6 Å². The van der Waals surface area contributed by atoms with Gasteiger partial charge in [-0.25, -0.2) is 0 Å². The normalized spacial score (nSPS) is 10.9. The van der Waals surface area contributed by atoms with E-state index in [-0.39, 0.29) is 5.17 Å². The number of benzene rings is 1. The van der Waals surface area contributed by atoms with Crippen LogP contribution in [0.4, 0.5) is 0 Å². The van der Waals surface area contributed by atoms with E-state index in [1.165, 1.54) is 17.3 Å². The average molecular weight is 338 g/mol. The molecular weight excluding hydrogens is 322 g/mol. The zero-order valence-electron chi connectivity index (χ0n) is 11.0. The van der Waals surface area contributed by atoms with Crippen molar-refractivity contribution >= 4 is 43.8 Å². The lowest BCUT2D eigenvalue weighted by Crippen LogP contribution is -2.06. The number of halogens is 1. The molecule has 0 saturated heterocycles. The van der Waals surface area contributed by atoms with Crippen molar-refractivity contribution in [1.29, 1.82) is 5.41 Å². The first-order valence-corrected chi connectivity index (χ1v) is 7.74. The summed E-state index contributed by atoms with van der Waals surface area (Å²) in [6, 6.07) is 6.02. The Hall–Kier alpha value is -1.07. The molecular formula is C14H16BrN3S. The van der Waals surface area contributed by atoms with E-state index in [1.807, 2.05) is 25.1 Å². The summed E-state index contributed by atoms with van der Waals surface area (Å²) in [6.07, 6.45) is 2.00. The van der Waals surface area contributed by atoms with Gasteiger partial charge in [-0.05, 0) is 37.1 Å². The average Bonchev–Trinajstić information content (AvgIpc) is 2.34. The molecule has 1 aromatic carbocycles. The Labute approximate surface area is 125 Å². The minimum Gasteiger partial charge on any atom is -0.378 e. The second kappa shape index (κ2) is 5.92. The Bertz CT molecular complexity index is 640. The molecule has 5 heteroatoms. The smallest absolute Gasteiger partial charge is 0.155 e. The lowest BCUT2D eigenvalue weighted by Gasteiger charge is -2.14. The Morgan fingerprint density at radius 1 is 1.47 bits per heavy atom. The van der Waals surface area contributed by atoms with Crippen LogP contribution in [0.15, 0.2) is 27.6 Å². The van der Waals surface area contributed by atoms with E-state index in [9.17, 15) is 0 Å². The highest BCUT2D eigenvalue weighted by molar-refractivity contribution is 9.10. The van der Waals surface area contributed by atoms with Crippen molar-refractivity contribution in [2.24, 2.45) is 5.73 Å². The summed E-state index contributed by atoms with van der Waals surface area (Å²) in [6.45, 7) is 4.17. The molecule has 0 spiro atoms. The van der Waals surface area contributed by atoms with Crippen LogP contribution >= 0.6 is 27.7 Å². The molecule has 0 aliphatic rings. The molecule has 3 N–H and O–H groups in total. The number of nitrogens with zero attached hydrogens (tertiary/aromatic N) is 1. The Morgan fingerprint density at radius 2 is 2.21 bits per heavy atom. The molecule has 0 aliphatic heterocycles. The molecule has 0 amide bonds. The zero-order chi connectivity index (χ0) is 14.0. The third-order valence-corrected chi connectivity index (χ3v) is 4.30. The highest BCUT2D eigenvalue weighted by atomic mass is 79.9. The summed E-state index contributed by atoms with van der Waals surface area (Å²) >= 11 is 4.81. The van der Waals surface area contributed by atoms with Gasteiger partial charge in [0.2, 0.25) is 0 Å². The molecule has 0 fully saturated rings. The van der Waals surface area contributed by atoms with Crippen molar-refractivity contribution in [3.8, 4) is 0 Å². The van der Waals surface area contributed by atoms with E-state index >= 15 is 0 Å². The molecule has 1 heterocycles. The Morgan fingerprint density at radius 3 is 2.84 bits per heavy atom. The standard InChI is InChI=1S/C14H16BrN3S/c1-3-4-10-8(2)18-12-6-5-9(15)7-11(12)13(10)19-14(16)17/h5-7H,3-4H2,1-2H3,(H3,16,17). The van der Waals surface area contributed by atoms with Gasteiger partial charge in [0.05, 0.1) is 5.52 Å². The van der Waals surface area contributed by atoms with Gasteiger partial charge < -0.3 is 5.73 Å². The molecule has 19 heavy (non-hydrogen) atoms. The number of fused-ring (bicyclic) bond motifs is 1. The van der Waals surface area contributed by atoms with Gasteiger partial charge in [0.25, 0.3) is 0 Å². The number of thioether (sulfide) groups is 1. The van der Waals surface area contributed by atoms with Gasteiger partial charge in [-0.3, -0.25) is 10.4 Å². The summed E-state index contributed by atoms with van der Waals surface area (Å²) in [5.41, 5.74) is 8.76. The van der Waals surface area contributed by atoms with E-state index in [4.69, 9.17) is 11.1 Å². The fourth-order valence-corrected chi connectivity index (χ4v) is 3.36. The van der Waals surface area contributed by atoms with E-state index < -0.39 is 0 Å². The molecule has 2 rings (SSSR count). The van der Waals surface area contributed by atoms with Gasteiger partial charge in [0.1, 0.15) is 0 Å². The van der Waals surface area contributed by atoms with E-state index in [0.29, 0.717) is 0 Å². The number of rotatable bonds is 3. The zero-order valence-corrected chi connectivity index (χ0v) is 13.4. The lowest BCUT2D eigenvalue weighted by atomic mass is 10.1. The first-order valence-electron chi connectivity index (χ1n) is 6.13. The molecule has 0 bridgehead atoms. The number of aryl methyl sites for hydroxylation is 1. The summed E-state index contributed by atoms with van der Waals surface area (Å²) in [7, 11) is 0. The van der Waals surface area contributed by atoms with Crippen molar-refractivity contribution < 1.29 is 0 Å². The number of aromatic nitrogens is 1. The largest absolute Gasteiger partial charge is 0.378 e. The van der Waals surface area contributed by atoms with Crippen LogP contribution in [-0.2, 0) is 6.42 Å². The van der Waals surface area contributed by atoms with Gasteiger partial charge in [-0.15, -0.1) is 0 Å².